The fourth-order valence-electron chi connectivity index (χ4n) is 1.31. The highest BCUT2D eigenvalue weighted by Gasteiger charge is 2.06. The Labute approximate surface area is 109 Å². The quantitative estimate of drug-likeness (QED) is 0.762. The molecule has 0 aliphatic heterocycles. The fourth-order valence-corrected chi connectivity index (χ4v) is 2.23. The highest BCUT2D eigenvalue weighted by molar-refractivity contribution is 9.10. The van der Waals surface area contributed by atoms with E-state index in [1.165, 1.54) is 6.07 Å². The van der Waals surface area contributed by atoms with Crippen molar-refractivity contribution in [3.63, 3.8) is 0 Å². The molecule has 0 amide bonds. The van der Waals surface area contributed by atoms with Crippen LogP contribution in [0.25, 0.3) is 0 Å². The Kier molecular flexibility index (Phi) is 3.49. The number of anilines is 2. The Balaban J connectivity index is 2.14. The molecule has 7 heteroatoms. The minimum Gasteiger partial charge on any atom is -0.397 e. The molecule has 2 rings (SSSR count). The summed E-state index contributed by atoms with van der Waals surface area (Å²) in [5, 5.41) is 4.75. The van der Waals surface area contributed by atoms with Gasteiger partial charge in [-0.05, 0) is 22.0 Å². The SMILES string of the molecule is Nc1cc(F)c(Br)cc1NCc1csc(=O)[nH]1. The number of nitrogen functional groups attached to an aromatic ring is 1. The van der Waals surface area contributed by atoms with Crippen LogP contribution in [0.4, 0.5) is 15.8 Å². The van der Waals surface area contributed by atoms with E-state index in [1.54, 1.807) is 11.4 Å². The van der Waals surface area contributed by atoms with Crippen LogP contribution < -0.4 is 15.9 Å². The number of thiazole rings is 1. The first-order valence-electron chi connectivity index (χ1n) is 4.71. The van der Waals surface area contributed by atoms with Gasteiger partial charge in [0.15, 0.2) is 0 Å². The summed E-state index contributed by atoms with van der Waals surface area (Å²) in [5.74, 6) is -0.406. The number of aromatic nitrogens is 1. The van der Waals surface area contributed by atoms with Crippen LogP contribution in [0, 0.1) is 5.82 Å². The zero-order valence-electron chi connectivity index (χ0n) is 8.59. The summed E-state index contributed by atoms with van der Waals surface area (Å²) in [7, 11) is 0. The summed E-state index contributed by atoms with van der Waals surface area (Å²) in [6.45, 7) is 0.432. The van der Waals surface area contributed by atoms with Crippen molar-refractivity contribution in [2.75, 3.05) is 11.1 Å². The van der Waals surface area contributed by atoms with Crippen LogP contribution in [0.1, 0.15) is 5.69 Å². The van der Waals surface area contributed by atoms with Gasteiger partial charge in [-0.15, -0.1) is 0 Å². The lowest BCUT2D eigenvalue weighted by Gasteiger charge is -2.09. The highest BCUT2D eigenvalue weighted by atomic mass is 79.9. The summed E-state index contributed by atoms with van der Waals surface area (Å²) in [5.41, 5.74) is 7.37. The van der Waals surface area contributed by atoms with Gasteiger partial charge >= 0.3 is 4.87 Å². The fraction of sp³-hybridized carbons (Fsp3) is 0.100. The molecule has 1 aromatic carbocycles. The van der Waals surface area contributed by atoms with Crippen LogP contribution in [-0.4, -0.2) is 4.98 Å². The Bertz CT molecular complexity index is 595. The van der Waals surface area contributed by atoms with Crippen molar-refractivity contribution < 1.29 is 4.39 Å². The van der Waals surface area contributed by atoms with Crippen LogP contribution in [0.3, 0.4) is 0 Å². The first-order chi connectivity index (χ1) is 8.06. The maximum Gasteiger partial charge on any atom is 0.304 e. The molecule has 2 aromatic rings. The van der Waals surface area contributed by atoms with Crippen LogP contribution >= 0.6 is 27.3 Å². The molecule has 0 spiro atoms. The topological polar surface area (TPSA) is 70.9 Å². The molecule has 0 aliphatic carbocycles. The largest absolute Gasteiger partial charge is 0.397 e. The number of nitrogens with two attached hydrogens (primary N) is 1. The van der Waals surface area contributed by atoms with Crippen molar-refractivity contribution in [2.24, 2.45) is 0 Å². The maximum atomic E-state index is 13.1. The summed E-state index contributed by atoms with van der Waals surface area (Å²) in [4.78, 5) is 13.5. The third-order valence-corrected chi connectivity index (χ3v) is 3.46. The first-order valence-corrected chi connectivity index (χ1v) is 6.38. The van der Waals surface area contributed by atoms with Crippen molar-refractivity contribution in [3.8, 4) is 0 Å². The Morgan fingerprint density at radius 3 is 2.94 bits per heavy atom. The molecule has 0 fully saturated rings. The number of hydrogen-bond donors (Lipinski definition) is 3. The molecule has 4 N–H and O–H groups in total. The lowest BCUT2D eigenvalue weighted by atomic mass is 10.2. The molecular weight excluding hydrogens is 309 g/mol. The molecule has 1 heterocycles. The molecule has 0 atom stereocenters. The first kappa shape index (κ1) is 12.1. The van der Waals surface area contributed by atoms with Gasteiger partial charge in [-0.3, -0.25) is 4.79 Å². The minimum atomic E-state index is -0.406. The van der Waals surface area contributed by atoms with E-state index in [2.05, 4.69) is 26.2 Å². The second-order valence-electron chi connectivity index (χ2n) is 3.38. The van der Waals surface area contributed by atoms with E-state index in [1.807, 2.05) is 0 Å². The number of benzene rings is 1. The minimum absolute atomic E-state index is 0.102. The summed E-state index contributed by atoms with van der Waals surface area (Å²) >= 11 is 4.18. The van der Waals surface area contributed by atoms with E-state index in [9.17, 15) is 9.18 Å². The van der Waals surface area contributed by atoms with Gasteiger partial charge in [-0.25, -0.2) is 4.39 Å². The number of rotatable bonds is 3. The Morgan fingerprint density at radius 1 is 1.53 bits per heavy atom. The molecule has 90 valence electrons. The molecule has 4 nitrogen and oxygen atoms in total. The van der Waals surface area contributed by atoms with E-state index < -0.39 is 5.82 Å². The summed E-state index contributed by atoms with van der Waals surface area (Å²) in [6.07, 6.45) is 0. The maximum absolute atomic E-state index is 13.1. The molecule has 1 aromatic heterocycles. The third-order valence-electron chi connectivity index (χ3n) is 2.13. The molecule has 0 radical (unpaired) electrons. The molecule has 0 aliphatic rings. The lowest BCUT2D eigenvalue weighted by Crippen LogP contribution is -2.05. The highest BCUT2D eigenvalue weighted by Crippen LogP contribution is 2.26. The van der Waals surface area contributed by atoms with Crippen molar-refractivity contribution in [1.82, 2.24) is 4.98 Å². The van der Waals surface area contributed by atoms with Crippen molar-refractivity contribution in [2.45, 2.75) is 6.54 Å². The van der Waals surface area contributed by atoms with Crippen LogP contribution in [-0.2, 0) is 6.54 Å². The number of aromatic amines is 1. The monoisotopic (exact) mass is 317 g/mol. The average Bonchev–Trinajstić information content (AvgIpc) is 2.68. The van der Waals surface area contributed by atoms with E-state index in [0.717, 1.165) is 17.0 Å². The van der Waals surface area contributed by atoms with Crippen molar-refractivity contribution >= 4 is 38.6 Å². The van der Waals surface area contributed by atoms with E-state index in [0.29, 0.717) is 22.4 Å². The molecule has 17 heavy (non-hydrogen) atoms. The van der Waals surface area contributed by atoms with Crippen LogP contribution in [0.5, 0.6) is 0 Å². The van der Waals surface area contributed by atoms with E-state index >= 15 is 0 Å². The molecule has 0 unspecified atom stereocenters. The third kappa shape index (κ3) is 2.86. The van der Waals surface area contributed by atoms with Crippen molar-refractivity contribution in [1.29, 1.82) is 0 Å². The predicted molar refractivity (Wildman–Crippen MR) is 70.8 cm³/mol. The van der Waals surface area contributed by atoms with Crippen LogP contribution in [0.15, 0.2) is 26.8 Å². The van der Waals surface area contributed by atoms with Gasteiger partial charge < -0.3 is 16.0 Å². The Hall–Kier alpha value is -1.34. The number of hydrogen-bond acceptors (Lipinski definition) is 4. The summed E-state index contributed by atoms with van der Waals surface area (Å²) in [6, 6.07) is 2.80. The average molecular weight is 318 g/mol. The summed E-state index contributed by atoms with van der Waals surface area (Å²) < 4.78 is 13.5. The van der Waals surface area contributed by atoms with Gasteiger partial charge in [-0.1, -0.05) is 11.3 Å². The number of nitrogens with one attached hydrogen (secondary N) is 2. The normalized spacial score (nSPS) is 10.5. The van der Waals surface area contributed by atoms with Crippen LogP contribution in [0.2, 0.25) is 0 Å². The van der Waals surface area contributed by atoms with E-state index in [4.69, 9.17) is 5.73 Å². The number of halogens is 2. The Morgan fingerprint density at radius 2 is 2.29 bits per heavy atom. The second-order valence-corrected chi connectivity index (χ2v) is 5.08. The van der Waals surface area contributed by atoms with Gasteiger partial charge in [0.05, 0.1) is 22.4 Å². The zero-order valence-corrected chi connectivity index (χ0v) is 11.0. The zero-order chi connectivity index (χ0) is 12.4. The van der Waals surface area contributed by atoms with Gasteiger partial charge in [0, 0.05) is 17.1 Å². The number of H-pyrrole nitrogens is 1. The van der Waals surface area contributed by atoms with Crippen molar-refractivity contribution in [3.05, 3.63) is 43.2 Å². The predicted octanol–water partition coefficient (Wildman–Crippen LogP) is 2.53. The van der Waals surface area contributed by atoms with Gasteiger partial charge in [0.1, 0.15) is 5.82 Å². The van der Waals surface area contributed by atoms with E-state index in [-0.39, 0.29) is 4.87 Å². The standard InChI is InChI=1S/C10H9BrFN3OS/c11-6-1-9(8(13)2-7(6)12)14-3-5-4-17-10(16)15-5/h1-2,4,14H,3,13H2,(H,15,16). The second kappa shape index (κ2) is 4.89. The smallest absolute Gasteiger partial charge is 0.304 e. The van der Waals surface area contributed by atoms with Gasteiger partial charge in [0.25, 0.3) is 0 Å². The molecule has 0 saturated heterocycles. The molecule has 0 bridgehead atoms. The molecule has 0 saturated carbocycles. The van der Waals surface area contributed by atoms with Gasteiger partial charge in [-0.2, -0.15) is 0 Å². The van der Waals surface area contributed by atoms with Gasteiger partial charge in [0.2, 0.25) is 0 Å². The lowest BCUT2D eigenvalue weighted by molar-refractivity contribution is 0.622. The molecular formula is C10H9BrFN3OS.